The molecule has 0 radical (unpaired) electrons. The van der Waals surface area contributed by atoms with E-state index in [1.54, 1.807) is 0 Å². The Kier molecular flexibility index (Phi) is 6.24. The van der Waals surface area contributed by atoms with Crippen LogP contribution in [-0.4, -0.2) is 61.2 Å². The molecule has 148 valence electrons. The minimum absolute atomic E-state index is 0.102. The third kappa shape index (κ3) is 4.91. The van der Waals surface area contributed by atoms with Gasteiger partial charge in [-0.15, -0.1) is 0 Å². The lowest BCUT2D eigenvalue weighted by molar-refractivity contribution is 0.0627. The number of benzene rings is 2. The fourth-order valence-electron chi connectivity index (χ4n) is 3.79. The number of carbonyl (C=O) groups excluding carboxylic acids is 1. The van der Waals surface area contributed by atoms with Crippen LogP contribution in [-0.2, 0) is 11.3 Å². The van der Waals surface area contributed by atoms with Crippen LogP contribution in [0, 0.1) is 0 Å². The van der Waals surface area contributed by atoms with Crippen molar-refractivity contribution in [1.29, 1.82) is 0 Å². The quantitative estimate of drug-likeness (QED) is 0.772. The second kappa shape index (κ2) is 9.22. The first-order valence-corrected chi connectivity index (χ1v) is 10.2. The van der Waals surface area contributed by atoms with Crippen molar-refractivity contribution >= 4 is 5.91 Å². The fraction of sp³-hybridized carbons (Fsp3) is 0.435. The van der Waals surface area contributed by atoms with Gasteiger partial charge in [-0.05, 0) is 42.7 Å². The van der Waals surface area contributed by atoms with Crippen molar-refractivity contribution in [3.63, 3.8) is 0 Å². The highest BCUT2D eigenvalue weighted by Gasteiger charge is 2.22. The molecule has 0 aromatic heterocycles. The van der Waals surface area contributed by atoms with Crippen LogP contribution in [0.1, 0.15) is 28.8 Å². The number of hydrogen-bond donors (Lipinski definition) is 0. The van der Waals surface area contributed by atoms with E-state index in [4.69, 9.17) is 9.47 Å². The summed E-state index contributed by atoms with van der Waals surface area (Å²) in [5.41, 5.74) is 2.04. The molecule has 2 aliphatic rings. The highest BCUT2D eigenvalue weighted by molar-refractivity contribution is 5.94. The zero-order valence-electron chi connectivity index (χ0n) is 16.3. The number of ether oxygens (including phenoxy) is 2. The van der Waals surface area contributed by atoms with E-state index in [0.29, 0.717) is 6.61 Å². The lowest BCUT2D eigenvalue weighted by Crippen LogP contribution is -2.48. The Hall–Kier alpha value is -2.37. The van der Waals surface area contributed by atoms with E-state index < -0.39 is 0 Å². The molecule has 2 aromatic carbocycles. The standard InChI is InChI=1S/C23H28N2O3/c26-23(20-8-10-21(11-9-20)28-18-22-7-4-16-27-22)25-14-12-24(13-15-25)17-19-5-2-1-3-6-19/h1-3,5-6,8-11,22H,4,7,12-18H2. The summed E-state index contributed by atoms with van der Waals surface area (Å²) in [5.74, 6) is 0.893. The van der Waals surface area contributed by atoms with E-state index in [1.165, 1.54) is 5.56 Å². The monoisotopic (exact) mass is 380 g/mol. The SMILES string of the molecule is O=C(c1ccc(OCC2CCCO2)cc1)N1CCN(Cc2ccccc2)CC1. The molecule has 2 aliphatic heterocycles. The average Bonchev–Trinajstić information content (AvgIpc) is 3.27. The zero-order valence-corrected chi connectivity index (χ0v) is 16.3. The van der Waals surface area contributed by atoms with Crippen LogP contribution in [0.4, 0.5) is 0 Å². The maximum absolute atomic E-state index is 12.8. The van der Waals surface area contributed by atoms with Crippen molar-refractivity contribution in [3.8, 4) is 5.75 Å². The van der Waals surface area contributed by atoms with Gasteiger partial charge in [-0.1, -0.05) is 30.3 Å². The van der Waals surface area contributed by atoms with E-state index in [-0.39, 0.29) is 12.0 Å². The second-order valence-corrected chi connectivity index (χ2v) is 7.52. The van der Waals surface area contributed by atoms with E-state index in [0.717, 1.165) is 63.5 Å². The molecule has 0 spiro atoms. The lowest BCUT2D eigenvalue weighted by atomic mass is 10.1. The van der Waals surface area contributed by atoms with Crippen molar-refractivity contribution in [1.82, 2.24) is 9.80 Å². The van der Waals surface area contributed by atoms with Gasteiger partial charge in [0.2, 0.25) is 0 Å². The predicted octanol–water partition coefficient (Wildman–Crippen LogP) is 3.20. The number of nitrogens with zero attached hydrogens (tertiary/aromatic N) is 2. The molecule has 0 saturated carbocycles. The van der Waals surface area contributed by atoms with Crippen LogP contribution in [0.2, 0.25) is 0 Å². The maximum Gasteiger partial charge on any atom is 0.253 e. The summed E-state index contributed by atoms with van der Waals surface area (Å²) in [6, 6.07) is 18.0. The summed E-state index contributed by atoms with van der Waals surface area (Å²) in [6.07, 6.45) is 2.38. The van der Waals surface area contributed by atoms with E-state index in [2.05, 4.69) is 29.2 Å². The molecule has 2 aromatic rings. The largest absolute Gasteiger partial charge is 0.491 e. The Morgan fingerprint density at radius 2 is 1.75 bits per heavy atom. The molecule has 1 unspecified atom stereocenters. The molecule has 5 nitrogen and oxygen atoms in total. The van der Waals surface area contributed by atoms with Gasteiger partial charge in [0.25, 0.3) is 5.91 Å². The Morgan fingerprint density at radius 1 is 1.00 bits per heavy atom. The molecule has 4 rings (SSSR count). The predicted molar refractivity (Wildman–Crippen MR) is 109 cm³/mol. The van der Waals surface area contributed by atoms with E-state index >= 15 is 0 Å². The molecule has 2 fully saturated rings. The molecule has 0 bridgehead atoms. The van der Waals surface area contributed by atoms with E-state index in [9.17, 15) is 4.79 Å². The van der Waals surface area contributed by atoms with Gasteiger partial charge in [0, 0.05) is 44.9 Å². The molecule has 28 heavy (non-hydrogen) atoms. The van der Waals surface area contributed by atoms with Crippen LogP contribution >= 0.6 is 0 Å². The van der Waals surface area contributed by atoms with Crippen LogP contribution in [0.3, 0.4) is 0 Å². The smallest absolute Gasteiger partial charge is 0.253 e. The van der Waals surface area contributed by atoms with Gasteiger partial charge in [0.05, 0.1) is 6.10 Å². The third-order valence-electron chi connectivity index (χ3n) is 5.47. The highest BCUT2D eigenvalue weighted by Crippen LogP contribution is 2.18. The minimum atomic E-state index is 0.102. The van der Waals surface area contributed by atoms with E-state index in [1.807, 2.05) is 35.2 Å². The molecule has 0 aliphatic carbocycles. The Labute approximate surface area is 166 Å². The van der Waals surface area contributed by atoms with Crippen LogP contribution < -0.4 is 4.74 Å². The topological polar surface area (TPSA) is 42.0 Å². The van der Waals surface area contributed by atoms with Crippen LogP contribution in [0.5, 0.6) is 5.75 Å². The van der Waals surface area contributed by atoms with Crippen LogP contribution in [0.25, 0.3) is 0 Å². The number of amides is 1. The van der Waals surface area contributed by atoms with Gasteiger partial charge in [0.15, 0.2) is 0 Å². The second-order valence-electron chi connectivity index (χ2n) is 7.52. The van der Waals surface area contributed by atoms with Crippen molar-refractivity contribution < 1.29 is 14.3 Å². The fourth-order valence-corrected chi connectivity index (χ4v) is 3.79. The molecule has 1 amide bonds. The number of hydrogen-bond acceptors (Lipinski definition) is 4. The summed E-state index contributed by atoms with van der Waals surface area (Å²) in [5, 5.41) is 0. The van der Waals surface area contributed by atoms with Crippen molar-refractivity contribution in [2.45, 2.75) is 25.5 Å². The average molecular weight is 380 g/mol. The number of rotatable bonds is 6. The molecule has 2 saturated heterocycles. The first kappa shape index (κ1) is 19.0. The molecule has 0 N–H and O–H groups in total. The Balaban J connectivity index is 1.25. The summed E-state index contributed by atoms with van der Waals surface area (Å²) in [4.78, 5) is 17.1. The number of piperazine rings is 1. The zero-order chi connectivity index (χ0) is 19.2. The lowest BCUT2D eigenvalue weighted by Gasteiger charge is -2.34. The summed E-state index contributed by atoms with van der Waals surface area (Å²) >= 11 is 0. The van der Waals surface area contributed by atoms with Gasteiger partial charge < -0.3 is 14.4 Å². The van der Waals surface area contributed by atoms with Crippen molar-refractivity contribution in [2.24, 2.45) is 0 Å². The maximum atomic E-state index is 12.8. The van der Waals surface area contributed by atoms with Gasteiger partial charge in [0.1, 0.15) is 12.4 Å². The highest BCUT2D eigenvalue weighted by atomic mass is 16.5. The normalized spacial score (nSPS) is 20.3. The summed E-state index contributed by atoms with van der Waals surface area (Å²) in [7, 11) is 0. The Morgan fingerprint density at radius 3 is 2.43 bits per heavy atom. The van der Waals surface area contributed by atoms with Gasteiger partial charge in [-0.3, -0.25) is 9.69 Å². The summed E-state index contributed by atoms with van der Waals surface area (Å²) in [6.45, 7) is 5.70. The van der Waals surface area contributed by atoms with Gasteiger partial charge in [-0.2, -0.15) is 0 Å². The molecular formula is C23H28N2O3. The Bertz CT molecular complexity index is 749. The molecule has 5 heteroatoms. The van der Waals surface area contributed by atoms with Gasteiger partial charge >= 0.3 is 0 Å². The minimum Gasteiger partial charge on any atom is -0.491 e. The molecule has 1 atom stereocenters. The van der Waals surface area contributed by atoms with Gasteiger partial charge in [-0.25, -0.2) is 0 Å². The first-order valence-electron chi connectivity index (χ1n) is 10.2. The molecular weight excluding hydrogens is 352 g/mol. The van der Waals surface area contributed by atoms with Crippen LogP contribution in [0.15, 0.2) is 54.6 Å². The third-order valence-corrected chi connectivity index (χ3v) is 5.47. The number of carbonyl (C=O) groups is 1. The van der Waals surface area contributed by atoms with Crippen molar-refractivity contribution in [2.75, 3.05) is 39.4 Å². The summed E-state index contributed by atoms with van der Waals surface area (Å²) < 4.78 is 11.4. The first-order chi connectivity index (χ1) is 13.8. The molecule has 2 heterocycles. The van der Waals surface area contributed by atoms with Crippen molar-refractivity contribution in [3.05, 3.63) is 65.7 Å².